The van der Waals surface area contributed by atoms with E-state index in [-0.39, 0.29) is 17.2 Å². The van der Waals surface area contributed by atoms with Gasteiger partial charge < -0.3 is 15.4 Å². The van der Waals surface area contributed by atoms with Crippen molar-refractivity contribution in [3.05, 3.63) is 63.7 Å². The number of hydrogen-bond acceptors (Lipinski definition) is 6. The second-order valence-electron chi connectivity index (χ2n) is 6.26. The maximum absolute atomic E-state index is 12.3. The number of nitro benzene ring substituents is 1. The number of non-ortho nitro benzene ring substituents is 1. The Labute approximate surface area is 163 Å². The predicted molar refractivity (Wildman–Crippen MR) is 107 cm³/mol. The maximum atomic E-state index is 12.3. The van der Waals surface area contributed by atoms with Gasteiger partial charge in [0.05, 0.1) is 10.5 Å². The third-order valence-electron chi connectivity index (χ3n) is 4.42. The molecular formula is C20H23N3O5. The Morgan fingerprint density at radius 2 is 1.89 bits per heavy atom. The van der Waals surface area contributed by atoms with E-state index in [2.05, 4.69) is 24.5 Å². The lowest BCUT2D eigenvalue weighted by molar-refractivity contribution is -0.384. The standard InChI is InChI=1S/C20H23N3O5/c1-4-13(2)15-7-5-6-8-18(15)22-19(24)12-28-20(25)16-11-14(23(26)27)9-10-17(16)21-3/h5-11,13,21H,4,12H2,1-3H3,(H,22,24)/t13-/m1/s1. The number of anilines is 2. The van der Waals surface area contributed by atoms with Gasteiger partial charge in [-0.1, -0.05) is 32.0 Å². The molecule has 0 aliphatic rings. The number of nitrogens with one attached hydrogen (secondary N) is 2. The summed E-state index contributed by atoms with van der Waals surface area (Å²) >= 11 is 0. The van der Waals surface area contributed by atoms with Gasteiger partial charge in [-0.3, -0.25) is 14.9 Å². The van der Waals surface area contributed by atoms with Crippen LogP contribution in [0.25, 0.3) is 0 Å². The van der Waals surface area contributed by atoms with Crippen LogP contribution in [0.5, 0.6) is 0 Å². The average molecular weight is 385 g/mol. The van der Waals surface area contributed by atoms with Crippen LogP contribution in [0, 0.1) is 10.1 Å². The molecule has 8 nitrogen and oxygen atoms in total. The Kier molecular flexibility index (Phi) is 7.08. The molecule has 2 N–H and O–H groups in total. The van der Waals surface area contributed by atoms with E-state index in [9.17, 15) is 19.7 Å². The van der Waals surface area contributed by atoms with Crippen LogP contribution in [-0.4, -0.2) is 30.5 Å². The first-order valence-corrected chi connectivity index (χ1v) is 8.89. The van der Waals surface area contributed by atoms with Crippen LogP contribution in [0.4, 0.5) is 17.1 Å². The first-order chi connectivity index (χ1) is 13.4. The van der Waals surface area contributed by atoms with Crippen molar-refractivity contribution in [2.45, 2.75) is 26.2 Å². The smallest absolute Gasteiger partial charge is 0.341 e. The zero-order valence-electron chi connectivity index (χ0n) is 16.0. The SMILES string of the molecule is CC[C@@H](C)c1ccccc1NC(=O)COC(=O)c1cc([N+](=O)[O-])ccc1NC. The summed E-state index contributed by atoms with van der Waals surface area (Å²) in [6.07, 6.45) is 0.918. The Balaban J connectivity index is 2.07. The van der Waals surface area contributed by atoms with Crippen molar-refractivity contribution >= 4 is 28.9 Å². The van der Waals surface area contributed by atoms with E-state index in [0.717, 1.165) is 18.1 Å². The van der Waals surface area contributed by atoms with Gasteiger partial charge >= 0.3 is 5.97 Å². The Bertz CT molecular complexity index is 882. The molecule has 2 aromatic carbocycles. The van der Waals surface area contributed by atoms with Crippen LogP contribution in [0.15, 0.2) is 42.5 Å². The lowest BCUT2D eigenvalue weighted by Gasteiger charge is -2.15. The van der Waals surface area contributed by atoms with E-state index >= 15 is 0 Å². The molecule has 0 aliphatic carbocycles. The number of rotatable bonds is 8. The first kappa shape index (κ1) is 20.9. The largest absolute Gasteiger partial charge is 0.452 e. The van der Waals surface area contributed by atoms with Crippen LogP contribution in [-0.2, 0) is 9.53 Å². The first-order valence-electron chi connectivity index (χ1n) is 8.89. The summed E-state index contributed by atoms with van der Waals surface area (Å²) < 4.78 is 5.05. The average Bonchev–Trinajstić information content (AvgIpc) is 2.71. The number of nitrogens with zero attached hydrogens (tertiary/aromatic N) is 1. The van der Waals surface area contributed by atoms with Crippen molar-refractivity contribution in [3.8, 4) is 0 Å². The highest BCUT2D eigenvalue weighted by Gasteiger charge is 2.19. The van der Waals surface area contributed by atoms with Crippen LogP contribution in [0.1, 0.15) is 42.1 Å². The second kappa shape index (κ2) is 9.50. The van der Waals surface area contributed by atoms with Crippen molar-refractivity contribution in [1.29, 1.82) is 0 Å². The number of para-hydroxylation sites is 1. The highest BCUT2D eigenvalue weighted by atomic mass is 16.6. The van der Waals surface area contributed by atoms with Gasteiger partial charge in [0.1, 0.15) is 0 Å². The van der Waals surface area contributed by atoms with Crippen molar-refractivity contribution < 1.29 is 19.2 Å². The zero-order valence-corrected chi connectivity index (χ0v) is 16.0. The van der Waals surface area contributed by atoms with Gasteiger partial charge in [0.2, 0.25) is 0 Å². The van der Waals surface area contributed by atoms with Crippen molar-refractivity contribution in [2.24, 2.45) is 0 Å². The summed E-state index contributed by atoms with van der Waals surface area (Å²) in [6, 6.07) is 11.3. The summed E-state index contributed by atoms with van der Waals surface area (Å²) in [6.45, 7) is 3.62. The third-order valence-corrected chi connectivity index (χ3v) is 4.42. The fraction of sp³-hybridized carbons (Fsp3) is 0.300. The Morgan fingerprint density at radius 1 is 1.18 bits per heavy atom. The number of hydrogen-bond donors (Lipinski definition) is 2. The number of amides is 1. The highest BCUT2D eigenvalue weighted by Crippen LogP contribution is 2.26. The topological polar surface area (TPSA) is 111 Å². The molecule has 0 saturated carbocycles. The second-order valence-corrected chi connectivity index (χ2v) is 6.26. The van der Waals surface area contributed by atoms with Gasteiger partial charge in [0.25, 0.3) is 11.6 Å². The molecule has 8 heteroatoms. The number of ether oxygens (including phenoxy) is 1. The van der Waals surface area contributed by atoms with E-state index in [1.807, 2.05) is 18.2 Å². The highest BCUT2D eigenvalue weighted by molar-refractivity contribution is 5.99. The predicted octanol–water partition coefficient (Wildman–Crippen LogP) is 3.95. The van der Waals surface area contributed by atoms with Crippen molar-refractivity contribution in [1.82, 2.24) is 0 Å². The number of carbonyl (C=O) groups is 2. The molecule has 2 aromatic rings. The van der Waals surface area contributed by atoms with Crippen molar-refractivity contribution in [3.63, 3.8) is 0 Å². The summed E-state index contributed by atoms with van der Waals surface area (Å²) in [5, 5.41) is 16.4. The molecule has 148 valence electrons. The molecule has 0 fully saturated rings. The lowest BCUT2D eigenvalue weighted by Crippen LogP contribution is -2.22. The van der Waals surface area contributed by atoms with E-state index in [1.165, 1.54) is 12.1 Å². The van der Waals surface area contributed by atoms with E-state index < -0.39 is 23.4 Å². The zero-order chi connectivity index (χ0) is 20.7. The van der Waals surface area contributed by atoms with Crippen LogP contribution < -0.4 is 10.6 Å². The molecule has 0 unspecified atom stereocenters. The minimum Gasteiger partial charge on any atom is -0.452 e. The minimum absolute atomic E-state index is 0.00972. The van der Waals surface area contributed by atoms with Gasteiger partial charge in [0, 0.05) is 30.6 Å². The van der Waals surface area contributed by atoms with Crippen LogP contribution >= 0.6 is 0 Å². The molecule has 0 radical (unpaired) electrons. The third kappa shape index (κ3) is 5.06. The quantitative estimate of drug-likeness (QED) is 0.404. The Hall–Kier alpha value is -3.42. The molecule has 0 bridgehead atoms. The molecule has 2 rings (SSSR count). The monoisotopic (exact) mass is 385 g/mol. The maximum Gasteiger partial charge on any atom is 0.341 e. The van der Waals surface area contributed by atoms with Gasteiger partial charge in [-0.15, -0.1) is 0 Å². The minimum atomic E-state index is -0.821. The molecule has 0 spiro atoms. The van der Waals surface area contributed by atoms with E-state index in [4.69, 9.17) is 4.74 Å². The molecule has 1 amide bonds. The summed E-state index contributed by atoms with van der Waals surface area (Å²) in [4.78, 5) is 34.9. The molecule has 28 heavy (non-hydrogen) atoms. The summed E-state index contributed by atoms with van der Waals surface area (Å²) in [5.74, 6) is -1.04. The molecular weight excluding hydrogens is 362 g/mol. The number of benzene rings is 2. The number of carbonyl (C=O) groups excluding carboxylic acids is 2. The fourth-order valence-corrected chi connectivity index (χ4v) is 2.69. The van der Waals surface area contributed by atoms with E-state index in [0.29, 0.717) is 11.4 Å². The Morgan fingerprint density at radius 3 is 2.54 bits per heavy atom. The molecule has 1 atom stereocenters. The fourth-order valence-electron chi connectivity index (χ4n) is 2.69. The molecule has 0 aromatic heterocycles. The lowest BCUT2D eigenvalue weighted by atomic mass is 9.97. The van der Waals surface area contributed by atoms with Gasteiger partial charge in [-0.25, -0.2) is 4.79 Å². The molecule has 0 saturated heterocycles. The number of esters is 1. The summed E-state index contributed by atoms with van der Waals surface area (Å²) in [7, 11) is 1.58. The normalized spacial score (nSPS) is 11.4. The number of nitro groups is 1. The molecule has 0 aliphatic heterocycles. The van der Waals surface area contributed by atoms with Gasteiger partial charge in [-0.2, -0.15) is 0 Å². The van der Waals surface area contributed by atoms with Crippen molar-refractivity contribution in [2.75, 3.05) is 24.3 Å². The molecule has 0 heterocycles. The summed E-state index contributed by atoms with van der Waals surface area (Å²) in [5.41, 5.74) is 1.80. The van der Waals surface area contributed by atoms with Gasteiger partial charge in [-0.05, 0) is 30.0 Å². The van der Waals surface area contributed by atoms with Crippen LogP contribution in [0.3, 0.4) is 0 Å². The van der Waals surface area contributed by atoms with E-state index in [1.54, 1.807) is 13.1 Å². The van der Waals surface area contributed by atoms with Gasteiger partial charge in [0.15, 0.2) is 6.61 Å². The van der Waals surface area contributed by atoms with Crippen LogP contribution in [0.2, 0.25) is 0 Å².